The summed E-state index contributed by atoms with van der Waals surface area (Å²) in [5, 5.41) is 0.991. The number of likely N-dealkylation sites (tertiary alicyclic amines) is 1. The molecule has 3 aliphatic rings. The Hall–Kier alpha value is -2.18. The Kier molecular flexibility index (Phi) is 4.48. The van der Waals surface area contributed by atoms with Crippen molar-refractivity contribution in [2.45, 2.75) is 31.7 Å². The number of carbonyl (C=O) groups is 1. The van der Waals surface area contributed by atoms with E-state index in [0.717, 1.165) is 48.0 Å². The summed E-state index contributed by atoms with van der Waals surface area (Å²) in [7, 11) is 2.18. The SMILES string of the molecule is Cc1ccc2c(c1)C1CN(C)CCC1N2C(=O)CSC1=Nc2cccnc2C1. The van der Waals surface area contributed by atoms with Crippen molar-refractivity contribution < 1.29 is 4.79 Å². The number of aromatic nitrogens is 1. The molecule has 0 saturated carbocycles. The lowest BCUT2D eigenvalue weighted by molar-refractivity contribution is -0.116. The van der Waals surface area contributed by atoms with Crippen molar-refractivity contribution in [1.82, 2.24) is 9.88 Å². The van der Waals surface area contributed by atoms with Gasteiger partial charge in [-0.1, -0.05) is 17.7 Å². The standard InChI is InChI=1S/C22H24N4OS/c1-14-5-6-19-15(10-14)16-12-25(2)9-7-20(16)26(19)22(27)13-28-21-11-18-17(24-21)4-3-8-23-18/h3-6,8,10,16,20H,7,9,11-13H2,1-2H3. The molecule has 1 fully saturated rings. The number of thioether (sulfide) groups is 1. The largest absolute Gasteiger partial charge is 0.308 e. The van der Waals surface area contributed by atoms with E-state index < -0.39 is 0 Å². The Balaban J connectivity index is 1.35. The van der Waals surface area contributed by atoms with Gasteiger partial charge < -0.3 is 9.80 Å². The fourth-order valence-electron chi connectivity index (χ4n) is 4.69. The quantitative estimate of drug-likeness (QED) is 0.784. The second-order valence-corrected chi connectivity index (χ2v) is 9.04. The van der Waals surface area contributed by atoms with Crippen LogP contribution < -0.4 is 4.90 Å². The lowest BCUT2D eigenvalue weighted by Crippen LogP contribution is -2.47. The topological polar surface area (TPSA) is 48.8 Å². The van der Waals surface area contributed by atoms with E-state index in [4.69, 9.17) is 0 Å². The molecular formula is C22H24N4OS. The number of likely N-dealkylation sites (N-methyl/N-ethyl adjacent to an activating group) is 1. The van der Waals surface area contributed by atoms with Crippen LogP contribution in [-0.2, 0) is 11.2 Å². The second kappa shape index (κ2) is 7.01. The molecule has 1 aromatic carbocycles. The molecule has 4 heterocycles. The van der Waals surface area contributed by atoms with E-state index in [1.165, 1.54) is 11.1 Å². The van der Waals surface area contributed by atoms with E-state index in [9.17, 15) is 4.79 Å². The predicted molar refractivity (Wildman–Crippen MR) is 115 cm³/mol. The number of carbonyl (C=O) groups excluding carboxylic acids is 1. The molecule has 0 radical (unpaired) electrons. The number of amides is 1. The van der Waals surface area contributed by atoms with Crippen molar-refractivity contribution >= 4 is 34.1 Å². The first-order chi connectivity index (χ1) is 13.6. The van der Waals surface area contributed by atoms with Gasteiger partial charge >= 0.3 is 0 Å². The highest BCUT2D eigenvalue weighted by Gasteiger charge is 2.43. The molecule has 5 nitrogen and oxygen atoms in total. The van der Waals surface area contributed by atoms with Gasteiger partial charge in [0.25, 0.3) is 0 Å². The molecular weight excluding hydrogens is 368 g/mol. The number of aliphatic imine (C=N–C) groups is 1. The van der Waals surface area contributed by atoms with Gasteiger partial charge in [0, 0.05) is 36.8 Å². The number of aryl methyl sites for hydroxylation is 1. The molecule has 0 spiro atoms. The summed E-state index contributed by atoms with van der Waals surface area (Å²) in [4.78, 5) is 26.8. The maximum atomic E-state index is 13.3. The number of nitrogens with zero attached hydrogens (tertiary/aromatic N) is 4. The molecule has 6 heteroatoms. The van der Waals surface area contributed by atoms with Gasteiger partial charge in [-0.2, -0.15) is 0 Å². The monoisotopic (exact) mass is 392 g/mol. The van der Waals surface area contributed by atoms with Crippen molar-refractivity contribution in [3.8, 4) is 0 Å². The molecule has 5 rings (SSSR count). The predicted octanol–water partition coefficient (Wildman–Crippen LogP) is 3.54. The Labute approximate surface area is 169 Å². The maximum absolute atomic E-state index is 13.3. The highest BCUT2D eigenvalue weighted by Crippen LogP contribution is 2.45. The zero-order valence-corrected chi connectivity index (χ0v) is 17.1. The molecule has 2 aromatic rings. The summed E-state index contributed by atoms with van der Waals surface area (Å²) in [5.41, 5.74) is 5.66. The molecule has 144 valence electrons. The molecule has 0 aliphatic carbocycles. The van der Waals surface area contributed by atoms with Gasteiger partial charge in [-0.3, -0.25) is 9.78 Å². The van der Waals surface area contributed by atoms with E-state index >= 15 is 0 Å². The van der Waals surface area contributed by atoms with Gasteiger partial charge in [-0.15, -0.1) is 11.8 Å². The second-order valence-electron chi connectivity index (χ2n) is 7.99. The molecule has 3 aliphatic heterocycles. The zero-order chi connectivity index (χ0) is 19.3. The zero-order valence-electron chi connectivity index (χ0n) is 16.3. The minimum absolute atomic E-state index is 0.193. The molecule has 1 saturated heterocycles. The number of rotatable bonds is 2. The van der Waals surface area contributed by atoms with Crippen LogP contribution in [0.3, 0.4) is 0 Å². The van der Waals surface area contributed by atoms with Crippen LogP contribution in [0.25, 0.3) is 0 Å². The van der Waals surface area contributed by atoms with Crippen molar-refractivity contribution in [2.24, 2.45) is 4.99 Å². The molecule has 1 amide bonds. The third-order valence-corrected chi connectivity index (χ3v) is 6.97. The van der Waals surface area contributed by atoms with Gasteiger partial charge in [-0.05, 0) is 50.7 Å². The van der Waals surface area contributed by atoms with E-state index in [2.05, 4.69) is 51.9 Å². The number of piperidine rings is 1. The minimum atomic E-state index is 0.193. The Morgan fingerprint density at radius 3 is 3.07 bits per heavy atom. The average Bonchev–Trinajstić information content (AvgIpc) is 3.24. The number of pyridine rings is 1. The maximum Gasteiger partial charge on any atom is 0.237 e. The lowest BCUT2D eigenvalue weighted by atomic mass is 9.89. The van der Waals surface area contributed by atoms with E-state index in [0.29, 0.717) is 11.7 Å². The molecule has 0 bridgehead atoms. The third-order valence-electron chi connectivity index (χ3n) is 6.01. The Morgan fingerprint density at radius 2 is 2.21 bits per heavy atom. The van der Waals surface area contributed by atoms with Crippen molar-refractivity contribution in [3.05, 3.63) is 53.3 Å². The number of benzene rings is 1. The summed E-state index contributed by atoms with van der Waals surface area (Å²) >= 11 is 1.56. The first kappa shape index (κ1) is 17.9. The fourth-order valence-corrected chi connectivity index (χ4v) is 5.52. The fraction of sp³-hybridized carbons (Fsp3) is 0.409. The summed E-state index contributed by atoms with van der Waals surface area (Å²) in [5.74, 6) is 1.04. The van der Waals surface area contributed by atoms with Crippen LogP contribution in [0.1, 0.15) is 29.2 Å². The summed E-state index contributed by atoms with van der Waals surface area (Å²) in [6.45, 7) is 4.19. The first-order valence-electron chi connectivity index (χ1n) is 9.85. The highest BCUT2D eigenvalue weighted by molar-refractivity contribution is 8.14. The van der Waals surface area contributed by atoms with Crippen molar-refractivity contribution in [1.29, 1.82) is 0 Å². The number of hydrogen-bond acceptors (Lipinski definition) is 5. The van der Waals surface area contributed by atoms with Gasteiger partial charge in [0.2, 0.25) is 5.91 Å². The first-order valence-corrected chi connectivity index (χ1v) is 10.8. The van der Waals surface area contributed by atoms with Crippen LogP contribution >= 0.6 is 11.8 Å². The highest BCUT2D eigenvalue weighted by atomic mass is 32.2. The van der Waals surface area contributed by atoms with Gasteiger partial charge in [0.05, 0.1) is 22.2 Å². The Bertz CT molecular complexity index is 973. The van der Waals surface area contributed by atoms with Crippen LogP contribution in [-0.4, -0.2) is 52.8 Å². The normalized spacial score (nSPS) is 23.2. The summed E-state index contributed by atoms with van der Waals surface area (Å²) in [6.07, 6.45) is 3.57. The van der Waals surface area contributed by atoms with E-state index in [-0.39, 0.29) is 11.9 Å². The number of hydrogen-bond donors (Lipinski definition) is 0. The molecule has 28 heavy (non-hydrogen) atoms. The number of fused-ring (bicyclic) bond motifs is 4. The third kappa shape index (κ3) is 3.05. The molecule has 2 atom stereocenters. The summed E-state index contributed by atoms with van der Waals surface area (Å²) in [6, 6.07) is 10.7. The van der Waals surface area contributed by atoms with Gasteiger partial charge in [0.1, 0.15) is 0 Å². The Morgan fingerprint density at radius 1 is 1.32 bits per heavy atom. The molecule has 2 unspecified atom stereocenters. The van der Waals surface area contributed by atoms with Crippen LogP contribution in [0.15, 0.2) is 41.5 Å². The minimum Gasteiger partial charge on any atom is -0.308 e. The lowest BCUT2D eigenvalue weighted by Gasteiger charge is -2.36. The van der Waals surface area contributed by atoms with E-state index in [1.54, 1.807) is 18.0 Å². The van der Waals surface area contributed by atoms with Gasteiger partial charge in [-0.25, -0.2) is 4.99 Å². The van der Waals surface area contributed by atoms with Crippen molar-refractivity contribution in [3.63, 3.8) is 0 Å². The van der Waals surface area contributed by atoms with Crippen LogP contribution in [0.4, 0.5) is 11.4 Å². The van der Waals surface area contributed by atoms with Crippen LogP contribution in [0.5, 0.6) is 0 Å². The summed E-state index contributed by atoms with van der Waals surface area (Å²) < 4.78 is 0. The molecule has 1 aromatic heterocycles. The van der Waals surface area contributed by atoms with Crippen LogP contribution in [0.2, 0.25) is 0 Å². The van der Waals surface area contributed by atoms with Crippen LogP contribution in [0, 0.1) is 6.92 Å². The number of anilines is 1. The molecule has 0 N–H and O–H groups in total. The van der Waals surface area contributed by atoms with Gasteiger partial charge in [0.15, 0.2) is 0 Å². The van der Waals surface area contributed by atoms with E-state index in [1.807, 2.05) is 12.1 Å². The smallest absolute Gasteiger partial charge is 0.237 e. The van der Waals surface area contributed by atoms with Crippen molar-refractivity contribution in [2.75, 3.05) is 30.8 Å². The average molecular weight is 393 g/mol.